The van der Waals surface area contributed by atoms with E-state index in [1.54, 1.807) is 21.3 Å². The molecule has 1 aromatic heterocycles. The molecular formula is C26H26N2O5. The summed E-state index contributed by atoms with van der Waals surface area (Å²) in [6.45, 7) is 1.89. The molecule has 2 heterocycles. The molecule has 2 atom stereocenters. The van der Waals surface area contributed by atoms with Gasteiger partial charge in [-0.1, -0.05) is 35.5 Å². The summed E-state index contributed by atoms with van der Waals surface area (Å²) < 4.78 is 22.3. The molecule has 0 fully saturated rings. The zero-order chi connectivity index (χ0) is 23.1. The number of aromatic nitrogens is 1. The van der Waals surface area contributed by atoms with Gasteiger partial charge in [0.25, 0.3) is 0 Å². The lowest BCUT2D eigenvalue weighted by atomic mass is 9.72. The molecule has 2 aromatic carbocycles. The van der Waals surface area contributed by atoms with Crippen molar-refractivity contribution in [1.29, 1.82) is 0 Å². The van der Waals surface area contributed by atoms with Gasteiger partial charge in [0, 0.05) is 23.6 Å². The predicted octanol–water partition coefficient (Wildman–Crippen LogP) is 4.97. The van der Waals surface area contributed by atoms with Crippen molar-refractivity contribution >= 4 is 11.7 Å². The maximum atomic E-state index is 13.6. The fraction of sp³-hybridized carbons (Fsp3) is 0.308. The average molecular weight is 447 g/mol. The van der Waals surface area contributed by atoms with Gasteiger partial charge >= 0.3 is 0 Å². The summed E-state index contributed by atoms with van der Waals surface area (Å²) in [5.41, 5.74) is 5.23. The number of hydrogen-bond acceptors (Lipinski definition) is 7. The molecular weight excluding hydrogens is 420 g/mol. The van der Waals surface area contributed by atoms with E-state index in [4.69, 9.17) is 18.7 Å². The van der Waals surface area contributed by atoms with E-state index in [1.165, 1.54) is 0 Å². The van der Waals surface area contributed by atoms with Crippen molar-refractivity contribution in [2.45, 2.75) is 31.6 Å². The van der Waals surface area contributed by atoms with Gasteiger partial charge in [-0.2, -0.15) is 0 Å². The third kappa shape index (κ3) is 3.44. The maximum Gasteiger partial charge on any atom is 0.233 e. The Hall–Kier alpha value is -3.74. The summed E-state index contributed by atoms with van der Waals surface area (Å²) in [6.07, 6.45) is 1.16. The van der Waals surface area contributed by atoms with Crippen LogP contribution in [-0.2, 0) is 4.79 Å². The van der Waals surface area contributed by atoms with Crippen LogP contribution in [0, 0.1) is 6.92 Å². The molecule has 5 rings (SSSR count). The van der Waals surface area contributed by atoms with Crippen LogP contribution < -0.4 is 19.5 Å². The van der Waals surface area contributed by atoms with Crippen molar-refractivity contribution in [3.63, 3.8) is 0 Å². The van der Waals surface area contributed by atoms with E-state index in [1.807, 2.05) is 37.3 Å². The summed E-state index contributed by atoms with van der Waals surface area (Å²) in [6, 6.07) is 14.0. The van der Waals surface area contributed by atoms with Crippen LogP contribution in [0.2, 0.25) is 0 Å². The molecule has 3 aromatic rings. The Bertz CT molecular complexity index is 1220. The summed E-state index contributed by atoms with van der Waals surface area (Å²) >= 11 is 0. The molecule has 1 aliphatic carbocycles. The Morgan fingerprint density at radius 3 is 2.30 bits per heavy atom. The molecule has 2 aliphatic rings. The van der Waals surface area contributed by atoms with E-state index >= 15 is 0 Å². The lowest BCUT2D eigenvalue weighted by molar-refractivity contribution is -0.116. The standard InChI is InChI=1S/C26H26N2O5/c1-14-22-23(17-12-20(30-2)25(32-4)21(13-17)31-3)24-18(27-26(22)33-28-14)10-16(11-19(24)29)15-8-6-5-7-9-15/h5-9,12-13,16,23,27H,10-11H2,1-4H3. The zero-order valence-electron chi connectivity index (χ0n) is 19.1. The number of nitrogens with zero attached hydrogens (tertiary/aromatic N) is 1. The van der Waals surface area contributed by atoms with E-state index in [9.17, 15) is 4.79 Å². The molecule has 0 saturated carbocycles. The summed E-state index contributed by atoms with van der Waals surface area (Å²) in [5.74, 6) is 2.03. The molecule has 0 radical (unpaired) electrons. The summed E-state index contributed by atoms with van der Waals surface area (Å²) in [5, 5.41) is 7.56. The fourth-order valence-electron chi connectivity index (χ4n) is 5.03. The number of carbonyl (C=O) groups is 1. The van der Waals surface area contributed by atoms with Crippen LogP contribution in [0.3, 0.4) is 0 Å². The molecule has 2 unspecified atom stereocenters. The van der Waals surface area contributed by atoms with Crippen LogP contribution in [0.15, 0.2) is 58.3 Å². The van der Waals surface area contributed by atoms with E-state index < -0.39 is 0 Å². The number of hydrogen-bond donors (Lipinski definition) is 1. The Morgan fingerprint density at radius 1 is 0.970 bits per heavy atom. The molecule has 1 N–H and O–H groups in total. The van der Waals surface area contributed by atoms with Gasteiger partial charge in [0.05, 0.1) is 32.6 Å². The molecule has 7 heteroatoms. The van der Waals surface area contributed by atoms with Crippen LogP contribution in [0.1, 0.15) is 47.1 Å². The molecule has 7 nitrogen and oxygen atoms in total. The van der Waals surface area contributed by atoms with Crippen molar-refractivity contribution in [1.82, 2.24) is 5.16 Å². The number of allylic oxidation sites excluding steroid dienone is 2. The van der Waals surface area contributed by atoms with Crippen molar-refractivity contribution in [3.05, 3.63) is 76.1 Å². The van der Waals surface area contributed by atoms with E-state index in [0.29, 0.717) is 36.0 Å². The first-order valence-corrected chi connectivity index (χ1v) is 10.9. The number of nitrogens with one attached hydrogen (secondary N) is 1. The van der Waals surface area contributed by atoms with E-state index in [-0.39, 0.29) is 17.6 Å². The number of benzene rings is 2. The smallest absolute Gasteiger partial charge is 0.233 e. The molecule has 0 spiro atoms. The van der Waals surface area contributed by atoms with Gasteiger partial charge in [0.2, 0.25) is 11.6 Å². The number of methoxy groups -OCH3 is 3. The van der Waals surface area contributed by atoms with Crippen molar-refractivity contribution < 1.29 is 23.5 Å². The highest BCUT2D eigenvalue weighted by Gasteiger charge is 2.41. The minimum Gasteiger partial charge on any atom is -0.493 e. The van der Waals surface area contributed by atoms with Gasteiger partial charge in [0.1, 0.15) is 0 Å². The van der Waals surface area contributed by atoms with Crippen molar-refractivity contribution in [2.24, 2.45) is 0 Å². The molecule has 0 saturated heterocycles. The van der Waals surface area contributed by atoms with Crippen LogP contribution in [0.4, 0.5) is 5.88 Å². The van der Waals surface area contributed by atoms with Crippen LogP contribution in [0.25, 0.3) is 0 Å². The number of ether oxygens (including phenoxy) is 3. The number of aryl methyl sites for hydroxylation is 1. The second-order valence-corrected chi connectivity index (χ2v) is 8.36. The first-order valence-electron chi connectivity index (χ1n) is 10.9. The SMILES string of the molecule is COc1cc(C2C3=C(CC(c4ccccc4)CC3=O)Nc3onc(C)c32)cc(OC)c1OC. The Balaban J connectivity index is 1.67. The topological polar surface area (TPSA) is 82.8 Å². The second kappa shape index (κ2) is 8.31. The normalized spacial score (nSPS) is 19.5. The molecule has 33 heavy (non-hydrogen) atoms. The third-order valence-electron chi connectivity index (χ3n) is 6.55. The van der Waals surface area contributed by atoms with Crippen LogP contribution >= 0.6 is 0 Å². The van der Waals surface area contributed by atoms with Crippen LogP contribution in [0.5, 0.6) is 17.2 Å². The monoisotopic (exact) mass is 446 g/mol. The molecule has 0 amide bonds. The Kier molecular flexibility index (Phi) is 5.32. The van der Waals surface area contributed by atoms with Gasteiger partial charge in [-0.25, -0.2) is 0 Å². The average Bonchev–Trinajstić information content (AvgIpc) is 3.22. The number of rotatable bonds is 5. The number of Topliss-reactive ketones (excluding diaryl/α,β-unsaturated/α-hetero) is 1. The first-order chi connectivity index (χ1) is 16.0. The van der Waals surface area contributed by atoms with Gasteiger partial charge in [-0.3, -0.25) is 4.79 Å². The van der Waals surface area contributed by atoms with Crippen LogP contribution in [-0.4, -0.2) is 32.3 Å². The quantitative estimate of drug-likeness (QED) is 0.593. The number of fused-ring (bicyclic) bond motifs is 1. The highest BCUT2D eigenvalue weighted by molar-refractivity contribution is 6.01. The lowest BCUT2D eigenvalue weighted by Gasteiger charge is -2.34. The van der Waals surface area contributed by atoms with Gasteiger partial charge in [-0.15, -0.1) is 0 Å². The molecule has 170 valence electrons. The van der Waals surface area contributed by atoms with Gasteiger partial charge < -0.3 is 24.1 Å². The summed E-state index contributed by atoms with van der Waals surface area (Å²) in [4.78, 5) is 13.6. The largest absolute Gasteiger partial charge is 0.493 e. The Labute approximate surface area is 192 Å². The fourth-order valence-corrected chi connectivity index (χ4v) is 5.03. The lowest BCUT2D eigenvalue weighted by Crippen LogP contribution is -2.29. The zero-order valence-corrected chi connectivity index (χ0v) is 19.1. The van der Waals surface area contributed by atoms with Gasteiger partial charge in [0.15, 0.2) is 17.3 Å². The number of ketones is 1. The second-order valence-electron chi connectivity index (χ2n) is 8.36. The molecule has 0 bridgehead atoms. The maximum absolute atomic E-state index is 13.6. The predicted molar refractivity (Wildman–Crippen MR) is 123 cm³/mol. The minimum atomic E-state index is -0.347. The third-order valence-corrected chi connectivity index (χ3v) is 6.55. The van der Waals surface area contributed by atoms with Gasteiger partial charge in [-0.05, 0) is 42.5 Å². The Morgan fingerprint density at radius 2 is 1.67 bits per heavy atom. The highest BCUT2D eigenvalue weighted by Crippen LogP contribution is 2.51. The number of anilines is 1. The minimum absolute atomic E-state index is 0.108. The first kappa shape index (κ1) is 21.1. The number of carbonyl (C=O) groups excluding carboxylic acids is 1. The highest BCUT2D eigenvalue weighted by atomic mass is 16.5. The van der Waals surface area contributed by atoms with Crippen molar-refractivity contribution in [2.75, 3.05) is 26.6 Å². The molecule has 1 aliphatic heterocycles. The summed E-state index contributed by atoms with van der Waals surface area (Å²) in [7, 11) is 4.74. The van der Waals surface area contributed by atoms with E-state index in [0.717, 1.165) is 33.7 Å². The van der Waals surface area contributed by atoms with E-state index in [2.05, 4.69) is 22.6 Å². The van der Waals surface area contributed by atoms with Crippen molar-refractivity contribution in [3.8, 4) is 17.2 Å².